The molecule has 0 spiro atoms. The molecule has 10 aromatic rings. The maximum absolute atomic E-state index is 6.53. The van der Waals surface area contributed by atoms with Crippen molar-refractivity contribution in [2.45, 2.75) is 58.9 Å². The molecule has 246 valence electrons. The van der Waals surface area contributed by atoms with Crippen molar-refractivity contribution in [3.05, 3.63) is 120 Å². The highest BCUT2D eigenvalue weighted by Gasteiger charge is 2.23. The number of fused-ring (bicyclic) bond motifs is 12. The maximum atomic E-state index is 6.53. The highest BCUT2D eigenvalue weighted by molar-refractivity contribution is 6.19. The fourth-order valence-corrected chi connectivity index (χ4v) is 8.43. The van der Waals surface area contributed by atoms with Gasteiger partial charge in [0.2, 0.25) is 0 Å². The van der Waals surface area contributed by atoms with E-state index in [-0.39, 0.29) is 10.8 Å². The van der Waals surface area contributed by atoms with Crippen LogP contribution in [-0.4, -0.2) is 9.13 Å². The molecule has 0 fully saturated rings. The van der Waals surface area contributed by atoms with Gasteiger partial charge in [-0.25, -0.2) is 0 Å². The van der Waals surface area contributed by atoms with Crippen LogP contribution in [0.5, 0.6) is 0 Å². The fourth-order valence-electron chi connectivity index (χ4n) is 8.43. The molecule has 6 aromatic carbocycles. The molecule has 0 aliphatic heterocycles. The SMILES string of the molecule is Cn1c2cc3oc4ccc(Cn5c6ccc(C(C)(C)C)cc6c6cc7c(cc65)oc5ccccc57)cc4c3cc2c2c(C(C)(C)C)cccc21. The number of aromatic nitrogens is 2. The second kappa shape index (κ2) is 9.82. The van der Waals surface area contributed by atoms with Gasteiger partial charge >= 0.3 is 0 Å². The number of aryl methyl sites for hydroxylation is 1. The minimum absolute atomic E-state index is 0.0261. The van der Waals surface area contributed by atoms with Crippen LogP contribution < -0.4 is 0 Å². The molecule has 0 aliphatic rings. The summed E-state index contributed by atoms with van der Waals surface area (Å²) in [5.41, 5.74) is 12.6. The summed E-state index contributed by atoms with van der Waals surface area (Å²) in [6, 6.07) is 38.0. The number of rotatable bonds is 2. The van der Waals surface area contributed by atoms with Crippen molar-refractivity contribution >= 4 is 87.5 Å². The molecule has 50 heavy (non-hydrogen) atoms. The van der Waals surface area contributed by atoms with Gasteiger partial charge in [0, 0.05) is 79.8 Å². The van der Waals surface area contributed by atoms with E-state index in [0.717, 1.165) is 50.4 Å². The zero-order valence-corrected chi connectivity index (χ0v) is 29.7. The van der Waals surface area contributed by atoms with Gasteiger partial charge in [-0.2, -0.15) is 0 Å². The summed E-state index contributed by atoms with van der Waals surface area (Å²) in [6.07, 6.45) is 0. The first kappa shape index (κ1) is 29.4. The lowest BCUT2D eigenvalue weighted by Gasteiger charge is -2.20. The van der Waals surface area contributed by atoms with E-state index in [4.69, 9.17) is 8.83 Å². The number of hydrogen-bond donors (Lipinski definition) is 0. The van der Waals surface area contributed by atoms with Gasteiger partial charge in [0.25, 0.3) is 0 Å². The second-order valence-electron chi connectivity index (χ2n) is 16.3. The van der Waals surface area contributed by atoms with Crippen LogP contribution in [0.3, 0.4) is 0 Å². The molecule has 0 saturated heterocycles. The molecule has 0 atom stereocenters. The van der Waals surface area contributed by atoms with Crippen molar-refractivity contribution in [2.24, 2.45) is 7.05 Å². The van der Waals surface area contributed by atoms with Crippen LogP contribution in [0, 0.1) is 0 Å². The smallest absolute Gasteiger partial charge is 0.137 e. The van der Waals surface area contributed by atoms with Gasteiger partial charge in [0.1, 0.15) is 22.3 Å². The van der Waals surface area contributed by atoms with Crippen molar-refractivity contribution in [3.8, 4) is 0 Å². The van der Waals surface area contributed by atoms with E-state index in [1.165, 1.54) is 60.3 Å². The predicted molar refractivity (Wildman–Crippen MR) is 211 cm³/mol. The molecule has 10 rings (SSSR count). The van der Waals surface area contributed by atoms with Gasteiger partial charge in [0.15, 0.2) is 0 Å². The molecule has 0 radical (unpaired) electrons. The van der Waals surface area contributed by atoms with Crippen molar-refractivity contribution in [2.75, 3.05) is 0 Å². The average Bonchev–Trinajstić information content (AvgIpc) is 3.80. The Bertz CT molecular complexity index is 3040. The third-order valence-corrected chi connectivity index (χ3v) is 11.1. The number of para-hydroxylation sites is 1. The Balaban J connectivity index is 1.19. The van der Waals surface area contributed by atoms with E-state index in [2.05, 4.69) is 155 Å². The first-order valence-corrected chi connectivity index (χ1v) is 17.7. The van der Waals surface area contributed by atoms with E-state index < -0.39 is 0 Å². The number of nitrogens with zero attached hydrogens (tertiary/aromatic N) is 2. The Labute approximate surface area is 290 Å². The molecular weight excluding hydrogens is 613 g/mol. The summed E-state index contributed by atoms with van der Waals surface area (Å²) >= 11 is 0. The van der Waals surface area contributed by atoms with E-state index >= 15 is 0 Å². The third-order valence-electron chi connectivity index (χ3n) is 11.1. The molecule has 0 saturated carbocycles. The van der Waals surface area contributed by atoms with Gasteiger partial charge in [-0.05, 0) is 76.1 Å². The summed E-state index contributed by atoms with van der Waals surface area (Å²) in [4.78, 5) is 0. The van der Waals surface area contributed by atoms with E-state index in [1.54, 1.807) is 0 Å². The Hall–Kier alpha value is -5.48. The molecule has 4 aromatic heterocycles. The monoisotopic (exact) mass is 652 g/mol. The summed E-state index contributed by atoms with van der Waals surface area (Å²) < 4.78 is 17.7. The molecule has 0 bridgehead atoms. The van der Waals surface area contributed by atoms with Crippen LogP contribution in [0.4, 0.5) is 0 Å². The number of hydrogen-bond acceptors (Lipinski definition) is 2. The second-order valence-corrected chi connectivity index (χ2v) is 16.3. The molecule has 0 aliphatic carbocycles. The minimum atomic E-state index is 0.0261. The molecule has 4 nitrogen and oxygen atoms in total. The topological polar surface area (TPSA) is 36.1 Å². The normalized spacial score (nSPS) is 13.2. The van der Waals surface area contributed by atoms with E-state index in [9.17, 15) is 0 Å². The van der Waals surface area contributed by atoms with Crippen molar-refractivity contribution in [3.63, 3.8) is 0 Å². The Morgan fingerprint density at radius 2 is 1.16 bits per heavy atom. The van der Waals surface area contributed by atoms with Crippen LogP contribution in [0.2, 0.25) is 0 Å². The third kappa shape index (κ3) is 4.11. The molecule has 4 heterocycles. The largest absolute Gasteiger partial charge is 0.456 e. The highest BCUT2D eigenvalue weighted by Crippen LogP contribution is 2.42. The maximum Gasteiger partial charge on any atom is 0.137 e. The molecule has 0 amide bonds. The summed E-state index contributed by atoms with van der Waals surface area (Å²) in [5, 5.41) is 9.78. The summed E-state index contributed by atoms with van der Waals surface area (Å²) in [5.74, 6) is 0. The van der Waals surface area contributed by atoms with Crippen molar-refractivity contribution in [1.29, 1.82) is 0 Å². The standard InChI is InChI=1S/C46H40N2O2/c1-45(2,3)27-16-17-36-29(20-27)30-21-32-28-11-8-9-14-40(28)49-43(32)24-39(30)48(36)25-26-15-18-41-31(19-26)33-22-34-38(23-42(33)50-41)47(7)37-13-10-12-35(44(34)37)46(4,5)6/h8-24H,25H2,1-7H3. The van der Waals surface area contributed by atoms with E-state index in [1.807, 2.05) is 6.07 Å². The van der Waals surface area contributed by atoms with E-state index in [0.29, 0.717) is 0 Å². The van der Waals surface area contributed by atoms with Gasteiger partial charge in [-0.3, -0.25) is 0 Å². The van der Waals surface area contributed by atoms with Gasteiger partial charge < -0.3 is 18.0 Å². The van der Waals surface area contributed by atoms with Crippen LogP contribution in [0.25, 0.3) is 87.5 Å². The number of benzene rings is 6. The lowest BCUT2D eigenvalue weighted by Crippen LogP contribution is -2.11. The fraction of sp³-hybridized carbons (Fsp3) is 0.217. The molecule has 0 unspecified atom stereocenters. The average molecular weight is 653 g/mol. The van der Waals surface area contributed by atoms with Gasteiger partial charge in [-0.1, -0.05) is 84.0 Å². The Morgan fingerprint density at radius 1 is 0.480 bits per heavy atom. The number of furan rings is 2. The quantitative estimate of drug-likeness (QED) is 0.186. The van der Waals surface area contributed by atoms with Gasteiger partial charge in [-0.15, -0.1) is 0 Å². The highest BCUT2D eigenvalue weighted by atomic mass is 16.3. The lowest BCUT2D eigenvalue weighted by molar-refractivity contribution is 0.591. The van der Waals surface area contributed by atoms with Crippen LogP contribution in [-0.2, 0) is 24.4 Å². The molecule has 0 N–H and O–H groups in total. The Kier molecular flexibility index (Phi) is 5.78. The predicted octanol–water partition coefficient (Wildman–Crippen LogP) is 12.9. The summed E-state index contributed by atoms with van der Waals surface area (Å²) in [6.45, 7) is 14.5. The minimum Gasteiger partial charge on any atom is -0.456 e. The van der Waals surface area contributed by atoms with Crippen molar-refractivity contribution in [1.82, 2.24) is 9.13 Å². The zero-order valence-electron chi connectivity index (χ0n) is 29.7. The molecule has 4 heteroatoms. The van der Waals surface area contributed by atoms with Crippen molar-refractivity contribution < 1.29 is 8.83 Å². The van der Waals surface area contributed by atoms with Gasteiger partial charge in [0.05, 0.1) is 11.0 Å². The first-order valence-electron chi connectivity index (χ1n) is 17.7. The molecular formula is C46H40N2O2. The van der Waals surface area contributed by atoms with Crippen LogP contribution >= 0.6 is 0 Å². The summed E-state index contributed by atoms with van der Waals surface area (Å²) in [7, 11) is 2.17. The van der Waals surface area contributed by atoms with Crippen LogP contribution in [0.15, 0.2) is 112 Å². The lowest BCUT2D eigenvalue weighted by atomic mass is 9.84. The Morgan fingerprint density at radius 3 is 1.94 bits per heavy atom. The first-order chi connectivity index (χ1) is 23.9. The van der Waals surface area contributed by atoms with Crippen LogP contribution in [0.1, 0.15) is 58.2 Å². The zero-order chi connectivity index (χ0) is 34.3.